The molecule has 3 aromatic carbocycles. The number of halogens is 2. The highest BCUT2D eigenvalue weighted by atomic mass is 19.1. The van der Waals surface area contributed by atoms with Crippen LogP contribution in [0.4, 0.5) is 8.78 Å². The SMILES string of the molecule is COC(=O)c1ccc2cccc(-c3c(F)cccc3F)c2c1. The van der Waals surface area contributed by atoms with Crippen LogP contribution in [0, 0.1) is 11.6 Å². The van der Waals surface area contributed by atoms with Crippen molar-refractivity contribution < 1.29 is 18.3 Å². The van der Waals surface area contributed by atoms with Crippen LogP contribution in [0.15, 0.2) is 54.6 Å². The summed E-state index contributed by atoms with van der Waals surface area (Å²) in [6, 6.07) is 13.8. The zero-order valence-electron chi connectivity index (χ0n) is 11.8. The van der Waals surface area contributed by atoms with E-state index < -0.39 is 17.6 Å². The molecule has 4 heteroatoms. The van der Waals surface area contributed by atoms with E-state index in [0.717, 1.165) is 5.39 Å². The van der Waals surface area contributed by atoms with E-state index >= 15 is 0 Å². The number of esters is 1. The van der Waals surface area contributed by atoms with Gasteiger partial charge in [0, 0.05) is 0 Å². The first kappa shape index (κ1) is 14.2. The Morgan fingerprint density at radius 2 is 1.64 bits per heavy atom. The molecule has 0 saturated carbocycles. The summed E-state index contributed by atoms with van der Waals surface area (Å²) in [5.41, 5.74) is 0.633. The first-order chi connectivity index (χ1) is 10.6. The van der Waals surface area contributed by atoms with Crippen molar-refractivity contribution in [3.8, 4) is 11.1 Å². The van der Waals surface area contributed by atoms with Crippen LogP contribution in [0.3, 0.4) is 0 Å². The van der Waals surface area contributed by atoms with Gasteiger partial charge < -0.3 is 4.74 Å². The fraction of sp³-hybridized carbons (Fsp3) is 0.0556. The van der Waals surface area contributed by atoms with Crippen LogP contribution in [0.2, 0.25) is 0 Å². The maximum atomic E-state index is 14.1. The van der Waals surface area contributed by atoms with Crippen LogP contribution in [0.1, 0.15) is 10.4 Å². The van der Waals surface area contributed by atoms with Crippen LogP contribution in [-0.2, 0) is 4.74 Å². The van der Waals surface area contributed by atoms with Crippen molar-refractivity contribution >= 4 is 16.7 Å². The third-order valence-electron chi connectivity index (χ3n) is 3.54. The summed E-state index contributed by atoms with van der Waals surface area (Å²) in [7, 11) is 1.29. The molecule has 2 nitrogen and oxygen atoms in total. The molecule has 0 N–H and O–H groups in total. The minimum Gasteiger partial charge on any atom is -0.465 e. The number of fused-ring (bicyclic) bond motifs is 1. The summed E-state index contributed by atoms with van der Waals surface area (Å²) in [5.74, 6) is -1.78. The molecule has 0 atom stereocenters. The van der Waals surface area contributed by atoms with Gasteiger partial charge in [-0.25, -0.2) is 13.6 Å². The highest BCUT2D eigenvalue weighted by Gasteiger charge is 2.15. The second-order valence-corrected chi connectivity index (χ2v) is 4.83. The lowest BCUT2D eigenvalue weighted by atomic mass is 9.96. The monoisotopic (exact) mass is 298 g/mol. The van der Waals surface area contributed by atoms with Crippen LogP contribution >= 0.6 is 0 Å². The van der Waals surface area contributed by atoms with Gasteiger partial charge in [0.1, 0.15) is 11.6 Å². The summed E-state index contributed by atoms with van der Waals surface area (Å²) in [6.07, 6.45) is 0. The van der Waals surface area contributed by atoms with Gasteiger partial charge in [0.05, 0.1) is 18.2 Å². The standard InChI is InChI=1S/C18H12F2O2/c1-22-18(21)12-9-8-11-4-2-5-13(14(11)10-12)17-15(19)6-3-7-16(17)20/h2-10H,1H3. The second kappa shape index (κ2) is 5.56. The van der Waals surface area contributed by atoms with E-state index in [2.05, 4.69) is 0 Å². The van der Waals surface area contributed by atoms with Gasteiger partial charge in [-0.2, -0.15) is 0 Å². The minimum absolute atomic E-state index is 0.102. The normalized spacial score (nSPS) is 10.7. The van der Waals surface area contributed by atoms with Crippen LogP contribution in [0.25, 0.3) is 21.9 Å². The van der Waals surface area contributed by atoms with Gasteiger partial charge in [-0.1, -0.05) is 30.3 Å². The zero-order chi connectivity index (χ0) is 15.7. The molecule has 0 aromatic heterocycles. The molecule has 0 radical (unpaired) electrons. The molecule has 3 rings (SSSR count). The molecule has 0 aliphatic carbocycles. The second-order valence-electron chi connectivity index (χ2n) is 4.83. The van der Waals surface area contributed by atoms with Crippen LogP contribution in [-0.4, -0.2) is 13.1 Å². The van der Waals surface area contributed by atoms with E-state index in [1.165, 1.54) is 25.3 Å². The van der Waals surface area contributed by atoms with Gasteiger partial charge in [0.15, 0.2) is 0 Å². The number of carbonyl (C=O) groups excluding carboxylic acids is 1. The first-order valence-corrected chi connectivity index (χ1v) is 6.67. The number of carbonyl (C=O) groups is 1. The molecule has 0 heterocycles. The minimum atomic E-state index is -0.643. The number of benzene rings is 3. The molecular weight excluding hydrogens is 286 g/mol. The van der Waals surface area contributed by atoms with Crippen molar-refractivity contribution in [3.63, 3.8) is 0 Å². The van der Waals surface area contributed by atoms with Crippen molar-refractivity contribution in [2.75, 3.05) is 7.11 Å². The lowest BCUT2D eigenvalue weighted by molar-refractivity contribution is 0.0601. The lowest BCUT2D eigenvalue weighted by Crippen LogP contribution is -2.01. The summed E-state index contributed by atoms with van der Waals surface area (Å²) < 4.78 is 32.8. The molecule has 22 heavy (non-hydrogen) atoms. The largest absolute Gasteiger partial charge is 0.465 e. The van der Waals surface area contributed by atoms with Gasteiger partial charge in [0.25, 0.3) is 0 Å². The van der Waals surface area contributed by atoms with E-state index in [1.54, 1.807) is 30.3 Å². The van der Waals surface area contributed by atoms with E-state index in [4.69, 9.17) is 4.74 Å². The Bertz CT molecular complexity index is 852. The summed E-state index contributed by atoms with van der Waals surface area (Å²) in [5, 5.41) is 1.38. The van der Waals surface area contributed by atoms with Crippen molar-refractivity contribution in [2.45, 2.75) is 0 Å². The molecule has 0 spiro atoms. The predicted molar refractivity (Wildman–Crippen MR) is 80.6 cm³/mol. The summed E-state index contributed by atoms with van der Waals surface area (Å²) in [4.78, 5) is 11.7. The molecule has 110 valence electrons. The molecule has 0 unspecified atom stereocenters. The average molecular weight is 298 g/mol. The number of ether oxygens (including phenoxy) is 1. The Morgan fingerprint density at radius 1 is 0.955 bits per heavy atom. The Balaban J connectivity index is 2.32. The molecule has 0 fully saturated rings. The Hall–Kier alpha value is -2.75. The highest BCUT2D eigenvalue weighted by molar-refractivity contribution is 6.01. The fourth-order valence-corrected chi connectivity index (χ4v) is 2.49. The van der Waals surface area contributed by atoms with E-state index in [9.17, 15) is 13.6 Å². The highest BCUT2D eigenvalue weighted by Crippen LogP contribution is 2.33. The summed E-state index contributed by atoms with van der Waals surface area (Å²) >= 11 is 0. The maximum absolute atomic E-state index is 14.1. The zero-order valence-corrected chi connectivity index (χ0v) is 11.8. The molecular formula is C18H12F2O2. The quantitative estimate of drug-likeness (QED) is 0.648. The lowest BCUT2D eigenvalue weighted by Gasteiger charge is -2.10. The maximum Gasteiger partial charge on any atom is 0.337 e. The Morgan fingerprint density at radius 3 is 2.32 bits per heavy atom. The number of hydrogen-bond acceptors (Lipinski definition) is 2. The van der Waals surface area contributed by atoms with Crippen molar-refractivity contribution in [2.24, 2.45) is 0 Å². The fourth-order valence-electron chi connectivity index (χ4n) is 2.49. The van der Waals surface area contributed by atoms with Gasteiger partial charge in [-0.05, 0) is 40.6 Å². The van der Waals surface area contributed by atoms with Crippen molar-refractivity contribution in [1.29, 1.82) is 0 Å². The van der Waals surface area contributed by atoms with Crippen molar-refractivity contribution in [1.82, 2.24) is 0 Å². The van der Waals surface area contributed by atoms with Gasteiger partial charge in [-0.3, -0.25) is 0 Å². The van der Waals surface area contributed by atoms with Gasteiger partial charge in [0.2, 0.25) is 0 Å². The molecule has 0 aliphatic heterocycles. The number of hydrogen-bond donors (Lipinski definition) is 0. The smallest absolute Gasteiger partial charge is 0.337 e. The third kappa shape index (κ3) is 2.33. The number of rotatable bonds is 2. The van der Waals surface area contributed by atoms with Gasteiger partial charge >= 0.3 is 5.97 Å². The molecule has 0 bridgehead atoms. The summed E-state index contributed by atoms with van der Waals surface area (Å²) in [6.45, 7) is 0. The van der Waals surface area contributed by atoms with Crippen molar-refractivity contribution in [3.05, 3.63) is 71.8 Å². The molecule has 3 aromatic rings. The Labute approximate surface area is 126 Å². The number of methoxy groups -OCH3 is 1. The van der Waals surface area contributed by atoms with Crippen LogP contribution in [0.5, 0.6) is 0 Å². The first-order valence-electron chi connectivity index (χ1n) is 6.67. The van der Waals surface area contributed by atoms with Gasteiger partial charge in [-0.15, -0.1) is 0 Å². The van der Waals surface area contributed by atoms with E-state index in [1.807, 2.05) is 6.07 Å². The van der Waals surface area contributed by atoms with Crippen LogP contribution < -0.4 is 0 Å². The van der Waals surface area contributed by atoms with E-state index in [-0.39, 0.29) is 5.56 Å². The Kier molecular flexibility index (Phi) is 3.59. The third-order valence-corrected chi connectivity index (χ3v) is 3.54. The predicted octanol–water partition coefficient (Wildman–Crippen LogP) is 4.57. The average Bonchev–Trinajstić information content (AvgIpc) is 2.53. The molecule has 0 saturated heterocycles. The molecule has 0 amide bonds. The molecule has 0 aliphatic rings. The van der Waals surface area contributed by atoms with E-state index in [0.29, 0.717) is 16.5 Å². The topological polar surface area (TPSA) is 26.3 Å².